The number of carbonyl (C=O) groups excluding carboxylic acids is 1. The highest BCUT2D eigenvalue weighted by molar-refractivity contribution is 5.68. The number of nitrogen functional groups attached to an aromatic ring is 1. The molecule has 9 nitrogen and oxygen atoms in total. The average molecular weight is 398 g/mol. The third kappa shape index (κ3) is 5.64. The standard InChI is InChI=1S/C20H26N6O3/c1-20(2,3)29-19(28)25(11-10-14-4-7-16(21)8-5-14)13-17(27)15-6-9-18-22-23-24-26(18)12-15/h4-9,12,17,27H,10-11,13,21H2,1-3H3. The van der Waals surface area contributed by atoms with E-state index in [-0.39, 0.29) is 6.54 Å². The number of rotatable bonds is 6. The first-order valence-corrected chi connectivity index (χ1v) is 9.39. The van der Waals surface area contributed by atoms with Crippen LogP contribution in [0.25, 0.3) is 5.65 Å². The van der Waals surface area contributed by atoms with Crippen LogP contribution in [0.1, 0.15) is 38.0 Å². The van der Waals surface area contributed by atoms with Crippen molar-refractivity contribution in [3.63, 3.8) is 0 Å². The molecular weight excluding hydrogens is 372 g/mol. The number of pyridine rings is 1. The second-order valence-corrected chi connectivity index (χ2v) is 7.88. The summed E-state index contributed by atoms with van der Waals surface area (Å²) in [6.07, 6.45) is 0.865. The molecule has 1 aromatic carbocycles. The summed E-state index contributed by atoms with van der Waals surface area (Å²) in [6, 6.07) is 10.9. The number of hydrogen-bond acceptors (Lipinski definition) is 7. The molecule has 2 heterocycles. The molecule has 3 N–H and O–H groups in total. The Labute approximate surface area is 169 Å². The maximum atomic E-state index is 12.7. The molecule has 1 unspecified atom stereocenters. The predicted molar refractivity (Wildman–Crippen MR) is 108 cm³/mol. The summed E-state index contributed by atoms with van der Waals surface area (Å²) in [5.41, 5.74) is 8.00. The Hall–Kier alpha value is -3.20. The maximum Gasteiger partial charge on any atom is 0.410 e. The van der Waals surface area contributed by atoms with Gasteiger partial charge in [0.05, 0.1) is 12.6 Å². The fourth-order valence-electron chi connectivity index (χ4n) is 2.80. The SMILES string of the molecule is CC(C)(C)OC(=O)N(CCc1ccc(N)cc1)CC(O)c1ccc2nnnn2c1. The van der Waals surface area contributed by atoms with E-state index in [9.17, 15) is 9.90 Å². The molecule has 29 heavy (non-hydrogen) atoms. The van der Waals surface area contributed by atoms with E-state index in [1.807, 2.05) is 45.0 Å². The van der Waals surface area contributed by atoms with Crippen LogP contribution in [0.4, 0.5) is 10.5 Å². The van der Waals surface area contributed by atoms with Gasteiger partial charge in [-0.2, -0.15) is 0 Å². The number of aromatic nitrogens is 4. The van der Waals surface area contributed by atoms with Crippen molar-refractivity contribution in [2.45, 2.75) is 38.9 Å². The van der Waals surface area contributed by atoms with Crippen molar-refractivity contribution in [1.82, 2.24) is 24.9 Å². The van der Waals surface area contributed by atoms with Gasteiger partial charge in [-0.1, -0.05) is 18.2 Å². The van der Waals surface area contributed by atoms with E-state index >= 15 is 0 Å². The van der Waals surface area contributed by atoms with E-state index in [2.05, 4.69) is 15.5 Å². The number of hydrogen-bond donors (Lipinski definition) is 2. The summed E-state index contributed by atoms with van der Waals surface area (Å²) in [5.74, 6) is 0. The second kappa shape index (κ2) is 8.44. The summed E-state index contributed by atoms with van der Waals surface area (Å²) < 4.78 is 7.00. The molecule has 154 valence electrons. The topological polar surface area (TPSA) is 119 Å². The molecule has 2 aromatic heterocycles. The maximum absolute atomic E-state index is 12.7. The minimum Gasteiger partial charge on any atom is -0.444 e. The lowest BCUT2D eigenvalue weighted by Gasteiger charge is -2.29. The van der Waals surface area contributed by atoms with Crippen LogP contribution in [0, 0.1) is 0 Å². The Balaban J connectivity index is 1.73. The van der Waals surface area contributed by atoms with Crippen molar-refractivity contribution in [3.05, 3.63) is 53.7 Å². The molecule has 1 atom stereocenters. The fourth-order valence-corrected chi connectivity index (χ4v) is 2.80. The van der Waals surface area contributed by atoms with Gasteiger partial charge in [-0.3, -0.25) is 0 Å². The molecule has 3 aromatic rings. The zero-order chi connectivity index (χ0) is 21.0. The number of anilines is 1. The minimum atomic E-state index is -0.914. The Morgan fingerprint density at radius 1 is 1.24 bits per heavy atom. The third-order valence-electron chi connectivity index (χ3n) is 4.29. The number of fused-ring (bicyclic) bond motifs is 1. The summed E-state index contributed by atoms with van der Waals surface area (Å²) in [5, 5.41) is 22.0. The van der Waals surface area contributed by atoms with Crippen molar-refractivity contribution in [2.75, 3.05) is 18.8 Å². The fraction of sp³-hybridized carbons (Fsp3) is 0.400. The van der Waals surface area contributed by atoms with E-state index in [0.717, 1.165) is 5.56 Å². The molecule has 9 heteroatoms. The first kappa shape index (κ1) is 20.5. The molecule has 0 saturated carbocycles. The number of aliphatic hydroxyl groups is 1. The molecule has 0 aliphatic rings. The van der Waals surface area contributed by atoms with Gasteiger partial charge in [-0.15, -0.1) is 5.10 Å². The Bertz CT molecular complexity index is 964. The molecule has 1 amide bonds. The monoisotopic (exact) mass is 398 g/mol. The minimum absolute atomic E-state index is 0.0809. The van der Waals surface area contributed by atoms with Crippen molar-refractivity contribution in [2.24, 2.45) is 0 Å². The molecule has 0 bridgehead atoms. The zero-order valence-corrected chi connectivity index (χ0v) is 16.8. The van der Waals surface area contributed by atoms with Gasteiger partial charge in [-0.05, 0) is 61.4 Å². The van der Waals surface area contributed by atoms with Crippen LogP contribution in [-0.4, -0.2) is 54.8 Å². The van der Waals surface area contributed by atoms with Gasteiger partial charge < -0.3 is 20.5 Å². The van der Waals surface area contributed by atoms with Crippen LogP contribution in [0.2, 0.25) is 0 Å². The summed E-state index contributed by atoms with van der Waals surface area (Å²) >= 11 is 0. The van der Waals surface area contributed by atoms with E-state index in [1.54, 1.807) is 18.3 Å². The highest BCUT2D eigenvalue weighted by Gasteiger charge is 2.24. The van der Waals surface area contributed by atoms with Crippen LogP contribution in [0.3, 0.4) is 0 Å². The van der Waals surface area contributed by atoms with Gasteiger partial charge in [-0.25, -0.2) is 9.31 Å². The van der Waals surface area contributed by atoms with Gasteiger partial charge in [0.2, 0.25) is 0 Å². The van der Waals surface area contributed by atoms with Crippen LogP contribution < -0.4 is 5.73 Å². The van der Waals surface area contributed by atoms with Crippen molar-refractivity contribution < 1.29 is 14.6 Å². The van der Waals surface area contributed by atoms with Gasteiger partial charge in [0, 0.05) is 24.0 Å². The molecule has 0 fully saturated rings. The summed E-state index contributed by atoms with van der Waals surface area (Å²) in [7, 11) is 0. The molecule has 0 aliphatic carbocycles. The number of benzene rings is 1. The van der Waals surface area contributed by atoms with Crippen molar-refractivity contribution in [3.8, 4) is 0 Å². The molecule has 0 spiro atoms. The number of carbonyl (C=O) groups is 1. The number of amides is 1. The van der Waals surface area contributed by atoms with Gasteiger partial charge >= 0.3 is 6.09 Å². The molecule has 0 aliphatic heterocycles. The lowest BCUT2D eigenvalue weighted by molar-refractivity contribution is 0.0146. The van der Waals surface area contributed by atoms with Crippen LogP contribution in [0.15, 0.2) is 42.6 Å². The van der Waals surface area contributed by atoms with Crippen LogP contribution >= 0.6 is 0 Å². The molecule has 0 radical (unpaired) electrons. The number of nitrogens with two attached hydrogens (primary N) is 1. The normalized spacial score (nSPS) is 12.7. The van der Waals surface area contributed by atoms with E-state index in [4.69, 9.17) is 10.5 Å². The van der Waals surface area contributed by atoms with Crippen molar-refractivity contribution >= 4 is 17.4 Å². The Morgan fingerprint density at radius 3 is 2.66 bits per heavy atom. The zero-order valence-electron chi connectivity index (χ0n) is 16.8. The second-order valence-electron chi connectivity index (χ2n) is 7.88. The largest absolute Gasteiger partial charge is 0.444 e. The molecular formula is C20H26N6O3. The van der Waals surface area contributed by atoms with Gasteiger partial charge in [0.15, 0.2) is 5.65 Å². The van der Waals surface area contributed by atoms with E-state index in [1.165, 1.54) is 9.42 Å². The highest BCUT2D eigenvalue weighted by atomic mass is 16.6. The van der Waals surface area contributed by atoms with Crippen LogP contribution in [-0.2, 0) is 11.2 Å². The Morgan fingerprint density at radius 2 is 1.97 bits per heavy atom. The average Bonchev–Trinajstić information content (AvgIpc) is 3.12. The first-order chi connectivity index (χ1) is 13.7. The van der Waals surface area contributed by atoms with E-state index < -0.39 is 17.8 Å². The summed E-state index contributed by atoms with van der Waals surface area (Å²) in [6.45, 7) is 5.90. The van der Waals surface area contributed by atoms with Crippen molar-refractivity contribution in [1.29, 1.82) is 0 Å². The summed E-state index contributed by atoms with van der Waals surface area (Å²) in [4.78, 5) is 14.2. The smallest absolute Gasteiger partial charge is 0.410 e. The number of tetrazole rings is 1. The predicted octanol–water partition coefficient (Wildman–Crippen LogP) is 2.22. The number of nitrogens with zero attached hydrogens (tertiary/aromatic N) is 5. The lowest BCUT2D eigenvalue weighted by Crippen LogP contribution is -2.40. The molecule has 0 saturated heterocycles. The highest BCUT2D eigenvalue weighted by Crippen LogP contribution is 2.18. The lowest BCUT2D eigenvalue weighted by atomic mass is 10.1. The van der Waals surface area contributed by atoms with Gasteiger partial charge in [0.1, 0.15) is 5.60 Å². The van der Waals surface area contributed by atoms with Crippen LogP contribution in [0.5, 0.6) is 0 Å². The van der Waals surface area contributed by atoms with Gasteiger partial charge in [0.25, 0.3) is 0 Å². The number of aliphatic hydroxyl groups excluding tert-OH is 1. The Kier molecular flexibility index (Phi) is 5.97. The third-order valence-corrected chi connectivity index (χ3v) is 4.29. The first-order valence-electron chi connectivity index (χ1n) is 9.39. The molecule has 3 rings (SSSR count). The number of ether oxygens (including phenoxy) is 1. The van der Waals surface area contributed by atoms with E-state index in [0.29, 0.717) is 29.9 Å². The quantitative estimate of drug-likeness (QED) is 0.611.